The molecule has 9 nitrogen and oxygen atoms in total. The maximum Gasteiger partial charge on any atom is 0.306 e. The molecule has 0 N–H and O–H groups in total. The van der Waals surface area contributed by atoms with Crippen LogP contribution in [0.3, 0.4) is 0 Å². The van der Waals surface area contributed by atoms with E-state index in [4.69, 9.17) is 18.5 Å². The Morgan fingerprint density at radius 2 is 0.826 bits per heavy atom. The van der Waals surface area contributed by atoms with E-state index in [0.29, 0.717) is 23.9 Å². The number of ether oxygens (including phenoxy) is 2. The maximum atomic E-state index is 12.8. The highest BCUT2D eigenvalue weighted by Crippen LogP contribution is 2.38. The van der Waals surface area contributed by atoms with Crippen molar-refractivity contribution >= 4 is 19.8 Å². The van der Waals surface area contributed by atoms with E-state index in [1.807, 2.05) is 21.1 Å². The Morgan fingerprint density at radius 1 is 0.464 bits per heavy atom. The van der Waals surface area contributed by atoms with Crippen LogP contribution in [0.5, 0.6) is 0 Å². The quantitative estimate of drug-likeness (QED) is 0.0195. The Bertz CT molecular complexity index is 1400. The van der Waals surface area contributed by atoms with Gasteiger partial charge >= 0.3 is 11.9 Å². The molecule has 0 aromatic rings. The Labute approximate surface area is 425 Å². The summed E-state index contributed by atoms with van der Waals surface area (Å²) in [5.41, 5.74) is 0. The van der Waals surface area contributed by atoms with Crippen molar-refractivity contribution in [3.8, 4) is 0 Å². The molecule has 0 fully saturated rings. The van der Waals surface area contributed by atoms with E-state index in [9.17, 15) is 19.0 Å². The Kier molecular flexibility index (Phi) is 48.5. The number of unbranched alkanes of at least 4 members (excludes halogenated alkanes) is 25. The SMILES string of the molecule is CC/C=C\C/C=C\C/C=C\C/C=C\CCCCCCCCCCCCCCCCCCCCC(=O)OC(COC(=O)CCCCCCC/C=C\C/C=C\CCCC)COP(=O)([O-])OCC[N+](C)(C)C. The molecule has 0 saturated carbocycles. The third kappa shape index (κ3) is 54.6. The number of quaternary nitrogens is 1. The van der Waals surface area contributed by atoms with Crippen molar-refractivity contribution in [1.29, 1.82) is 0 Å². The number of carbonyl (C=O) groups is 2. The van der Waals surface area contributed by atoms with Gasteiger partial charge in [-0.1, -0.05) is 222 Å². The molecule has 0 aliphatic rings. The number of phosphoric ester groups is 1. The standard InChI is InChI=1S/C59H106NO8P/c1-6-8-10-12-14-16-18-20-22-23-24-25-26-27-28-29-30-31-32-33-34-35-36-37-38-40-42-44-46-48-50-52-59(62)68-57(56-67-69(63,64)66-54-53-60(3,4)5)55-65-58(61)51-49-47-45-43-41-39-21-19-17-15-13-11-9-7-2/h8,10,13-16,19-22,24-25,57H,6-7,9,11-12,17-18,23,26-56H2,1-5H3/b10-8-,15-13-,16-14-,21-19-,22-20-,25-24-. The van der Waals surface area contributed by atoms with Crippen LogP contribution in [0.4, 0.5) is 0 Å². The van der Waals surface area contributed by atoms with Gasteiger partial charge in [0, 0.05) is 12.8 Å². The summed E-state index contributed by atoms with van der Waals surface area (Å²) in [5.74, 6) is -0.846. The van der Waals surface area contributed by atoms with Gasteiger partial charge in [0.25, 0.3) is 7.82 Å². The molecule has 2 atom stereocenters. The number of likely N-dealkylation sites (N-methyl/N-ethyl adjacent to an activating group) is 1. The number of hydrogen-bond donors (Lipinski definition) is 0. The van der Waals surface area contributed by atoms with Crippen molar-refractivity contribution in [2.24, 2.45) is 0 Å². The van der Waals surface area contributed by atoms with Crippen molar-refractivity contribution in [2.45, 2.75) is 245 Å². The summed E-state index contributed by atoms with van der Waals surface area (Å²) in [6.45, 7) is 4.08. The maximum absolute atomic E-state index is 12.8. The predicted octanol–water partition coefficient (Wildman–Crippen LogP) is 16.7. The Hall–Kier alpha value is -2.55. The van der Waals surface area contributed by atoms with Gasteiger partial charge in [-0.3, -0.25) is 14.2 Å². The molecule has 0 saturated heterocycles. The molecule has 400 valence electrons. The molecular formula is C59H106NO8P. The first kappa shape index (κ1) is 66.5. The first-order chi connectivity index (χ1) is 33.5. The van der Waals surface area contributed by atoms with Gasteiger partial charge in [0.05, 0.1) is 27.7 Å². The van der Waals surface area contributed by atoms with Crippen molar-refractivity contribution in [2.75, 3.05) is 47.5 Å². The van der Waals surface area contributed by atoms with Crippen LogP contribution >= 0.6 is 7.82 Å². The summed E-state index contributed by atoms with van der Waals surface area (Å²) < 4.78 is 34.1. The molecule has 0 aliphatic heterocycles. The zero-order valence-electron chi connectivity index (χ0n) is 45.2. The van der Waals surface area contributed by atoms with Crippen LogP contribution in [0.1, 0.15) is 239 Å². The lowest BCUT2D eigenvalue weighted by Gasteiger charge is -2.28. The van der Waals surface area contributed by atoms with Crippen LogP contribution in [0, 0.1) is 0 Å². The van der Waals surface area contributed by atoms with Crippen LogP contribution < -0.4 is 4.89 Å². The lowest BCUT2D eigenvalue weighted by Crippen LogP contribution is -2.37. The fourth-order valence-electron chi connectivity index (χ4n) is 7.61. The summed E-state index contributed by atoms with van der Waals surface area (Å²) in [5, 5.41) is 0. The first-order valence-corrected chi connectivity index (χ1v) is 29.6. The predicted molar refractivity (Wildman–Crippen MR) is 291 cm³/mol. The highest BCUT2D eigenvalue weighted by molar-refractivity contribution is 7.45. The minimum Gasteiger partial charge on any atom is -0.756 e. The average Bonchev–Trinajstić information content (AvgIpc) is 3.31. The van der Waals surface area contributed by atoms with Gasteiger partial charge in [-0.15, -0.1) is 0 Å². The van der Waals surface area contributed by atoms with Crippen LogP contribution in [-0.2, 0) is 32.7 Å². The molecule has 0 spiro atoms. The normalized spacial score (nSPS) is 13.9. The third-order valence-electron chi connectivity index (χ3n) is 12.0. The second kappa shape index (κ2) is 50.4. The van der Waals surface area contributed by atoms with Gasteiger partial charge in [-0.25, -0.2) is 0 Å². The van der Waals surface area contributed by atoms with Crippen LogP contribution in [0.25, 0.3) is 0 Å². The van der Waals surface area contributed by atoms with Crippen molar-refractivity contribution in [3.63, 3.8) is 0 Å². The van der Waals surface area contributed by atoms with Gasteiger partial charge in [0.2, 0.25) is 0 Å². The van der Waals surface area contributed by atoms with Crippen LogP contribution in [0.15, 0.2) is 72.9 Å². The summed E-state index contributed by atoms with van der Waals surface area (Å²) in [4.78, 5) is 37.8. The second-order valence-corrected chi connectivity index (χ2v) is 21.3. The minimum atomic E-state index is -4.64. The molecule has 10 heteroatoms. The molecular weight excluding hydrogens is 882 g/mol. The smallest absolute Gasteiger partial charge is 0.306 e. The zero-order chi connectivity index (χ0) is 50.6. The van der Waals surface area contributed by atoms with E-state index in [1.165, 1.54) is 109 Å². The molecule has 0 bridgehead atoms. The zero-order valence-corrected chi connectivity index (χ0v) is 46.1. The summed E-state index contributed by atoms with van der Waals surface area (Å²) >= 11 is 0. The highest BCUT2D eigenvalue weighted by Gasteiger charge is 2.21. The van der Waals surface area contributed by atoms with Gasteiger partial charge in [-0.05, 0) is 77.0 Å². The number of carbonyl (C=O) groups excluding carboxylic acids is 2. The molecule has 0 aromatic carbocycles. The number of allylic oxidation sites excluding steroid dienone is 12. The summed E-state index contributed by atoms with van der Waals surface area (Å²) in [6.07, 6.45) is 65.3. The fraction of sp³-hybridized carbons (Fsp3) is 0.763. The topological polar surface area (TPSA) is 111 Å². The summed E-state index contributed by atoms with van der Waals surface area (Å²) in [7, 11) is 1.16. The van der Waals surface area contributed by atoms with Crippen LogP contribution in [0.2, 0.25) is 0 Å². The number of nitrogens with zero attached hydrogens (tertiary/aromatic N) is 1. The number of hydrogen-bond acceptors (Lipinski definition) is 8. The lowest BCUT2D eigenvalue weighted by atomic mass is 10.0. The van der Waals surface area contributed by atoms with E-state index in [2.05, 4.69) is 86.8 Å². The highest BCUT2D eigenvalue weighted by atomic mass is 31.2. The number of phosphoric acid groups is 1. The van der Waals surface area contributed by atoms with E-state index >= 15 is 0 Å². The van der Waals surface area contributed by atoms with Gasteiger partial charge in [-0.2, -0.15) is 0 Å². The van der Waals surface area contributed by atoms with Crippen LogP contribution in [-0.4, -0.2) is 70.0 Å². The molecule has 2 unspecified atom stereocenters. The molecule has 0 amide bonds. The molecule has 0 rings (SSSR count). The Morgan fingerprint density at radius 3 is 1.23 bits per heavy atom. The molecule has 0 radical (unpaired) electrons. The molecule has 0 aromatic heterocycles. The fourth-order valence-corrected chi connectivity index (χ4v) is 8.33. The molecule has 69 heavy (non-hydrogen) atoms. The van der Waals surface area contributed by atoms with Crippen molar-refractivity contribution in [1.82, 2.24) is 0 Å². The minimum absolute atomic E-state index is 0.0344. The van der Waals surface area contributed by atoms with E-state index in [0.717, 1.165) is 89.9 Å². The number of rotatable bonds is 51. The molecule has 0 heterocycles. The third-order valence-corrected chi connectivity index (χ3v) is 12.9. The largest absolute Gasteiger partial charge is 0.756 e. The number of esters is 2. The van der Waals surface area contributed by atoms with Gasteiger partial charge < -0.3 is 27.9 Å². The van der Waals surface area contributed by atoms with E-state index in [-0.39, 0.29) is 26.1 Å². The monoisotopic (exact) mass is 988 g/mol. The Balaban J connectivity index is 4.07. The van der Waals surface area contributed by atoms with Crippen molar-refractivity contribution in [3.05, 3.63) is 72.9 Å². The van der Waals surface area contributed by atoms with E-state index in [1.54, 1.807) is 0 Å². The second-order valence-electron chi connectivity index (χ2n) is 19.9. The lowest BCUT2D eigenvalue weighted by molar-refractivity contribution is -0.870. The van der Waals surface area contributed by atoms with Crippen molar-refractivity contribution < 1.29 is 42.1 Å². The first-order valence-electron chi connectivity index (χ1n) is 28.1. The summed E-state index contributed by atoms with van der Waals surface area (Å²) in [6, 6.07) is 0. The average molecular weight is 988 g/mol. The van der Waals surface area contributed by atoms with Gasteiger partial charge in [0.1, 0.15) is 19.8 Å². The molecule has 0 aliphatic carbocycles. The van der Waals surface area contributed by atoms with E-state index < -0.39 is 32.5 Å². The van der Waals surface area contributed by atoms with Gasteiger partial charge in [0.15, 0.2) is 6.10 Å².